The van der Waals surface area contributed by atoms with E-state index in [1.165, 1.54) is 0 Å². The predicted molar refractivity (Wildman–Crippen MR) is 68.7 cm³/mol. The Morgan fingerprint density at radius 3 is 2.70 bits per heavy atom. The third kappa shape index (κ3) is 1.86. The zero-order valence-corrected chi connectivity index (χ0v) is 11.0. The van der Waals surface area contributed by atoms with Gasteiger partial charge in [0.05, 0.1) is 13.7 Å². The summed E-state index contributed by atoms with van der Waals surface area (Å²) in [4.78, 5) is 0. The minimum Gasteiger partial charge on any atom is -0.497 e. The molecule has 0 aromatic heterocycles. The van der Waals surface area contributed by atoms with Crippen molar-refractivity contribution < 1.29 is 28.6 Å². The van der Waals surface area contributed by atoms with E-state index in [0.717, 1.165) is 11.2 Å². The topological polar surface area (TPSA) is 66.4 Å². The molecule has 0 saturated carbocycles. The normalized spacial score (nSPS) is 38.9. The molecule has 20 heavy (non-hydrogen) atoms. The highest BCUT2D eigenvalue weighted by atomic mass is 16.8. The molecule has 6 nitrogen and oxygen atoms in total. The lowest BCUT2D eigenvalue weighted by Gasteiger charge is -2.44. The second-order valence-electron chi connectivity index (χ2n) is 5.17. The van der Waals surface area contributed by atoms with Crippen molar-refractivity contribution >= 4 is 12.6 Å². The van der Waals surface area contributed by atoms with Gasteiger partial charge >= 0.3 is 7.12 Å². The molecule has 7 heteroatoms. The van der Waals surface area contributed by atoms with Gasteiger partial charge in [0.1, 0.15) is 30.2 Å². The quantitative estimate of drug-likeness (QED) is 0.721. The number of fused-ring (bicyclic) bond motifs is 6. The van der Waals surface area contributed by atoms with E-state index >= 15 is 0 Å². The summed E-state index contributed by atoms with van der Waals surface area (Å²) in [5, 5.41) is 10.2. The zero-order chi connectivity index (χ0) is 13.7. The van der Waals surface area contributed by atoms with E-state index < -0.39 is 31.7 Å². The summed E-state index contributed by atoms with van der Waals surface area (Å²) >= 11 is 0. The van der Waals surface area contributed by atoms with Crippen molar-refractivity contribution in [1.29, 1.82) is 0 Å². The van der Waals surface area contributed by atoms with Crippen LogP contribution in [0.15, 0.2) is 24.3 Å². The van der Waals surface area contributed by atoms with E-state index in [1.54, 1.807) is 7.11 Å². The number of hydrogen-bond acceptors (Lipinski definition) is 6. The molecule has 3 aliphatic rings. The summed E-state index contributed by atoms with van der Waals surface area (Å²) in [6.07, 6.45) is -2.37. The molecule has 3 heterocycles. The van der Waals surface area contributed by atoms with Crippen LogP contribution in [0, 0.1) is 0 Å². The third-order valence-corrected chi connectivity index (χ3v) is 3.99. The molecule has 0 aliphatic carbocycles. The monoisotopic (exact) mass is 278 g/mol. The van der Waals surface area contributed by atoms with Crippen LogP contribution in [0.4, 0.5) is 0 Å². The maximum atomic E-state index is 10.2. The summed E-state index contributed by atoms with van der Waals surface area (Å²) in [5.74, 6) is 0.775. The van der Waals surface area contributed by atoms with Crippen molar-refractivity contribution in [2.45, 2.75) is 30.7 Å². The number of benzene rings is 1. The molecule has 0 amide bonds. The Labute approximate surface area is 116 Å². The highest BCUT2D eigenvalue weighted by Crippen LogP contribution is 2.35. The van der Waals surface area contributed by atoms with Gasteiger partial charge in [0.2, 0.25) is 0 Å². The maximum absolute atomic E-state index is 10.2. The van der Waals surface area contributed by atoms with Crippen molar-refractivity contribution in [1.82, 2.24) is 0 Å². The Bertz CT molecular complexity index is 474. The first-order valence-corrected chi connectivity index (χ1v) is 6.66. The Morgan fingerprint density at radius 2 is 1.95 bits per heavy atom. The Balaban J connectivity index is 1.59. The number of aliphatic hydroxyl groups is 1. The van der Waals surface area contributed by atoms with Crippen molar-refractivity contribution in [2.24, 2.45) is 0 Å². The zero-order valence-electron chi connectivity index (χ0n) is 11.0. The van der Waals surface area contributed by atoms with Crippen LogP contribution in [-0.4, -0.2) is 56.6 Å². The number of methoxy groups -OCH3 is 1. The average Bonchev–Trinajstić information content (AvgIpc) is 2.93. The van der Waals surface area contributed by atoms with Crippen LogP contribution < -0.4 is 10.2 Å². The molecule has 106 valence electrons. The second kappa shape index (κ2) is 4.72. The van der Waals surface area contributed by atoms with Gasteiger partial charge in [-0.1, -0.05) is 12.1 Å². The van der Waals surface area contributed by atoms with Crippen LogP contribution >= 0.6 is 0 Å². The fourth-order valence-corrected chi connectivity index (χ4v) is 2.90. The van der Waals surface area contributed by atoms with Gasteiger partial charge in [-0.05, 0) is 17.6 Å². The maximum Gasteiger partial charge on any atom is 0.494 e. The van der Waals surface area contributed by atoms with Crippen LogP contribution in [0.1, 0.15) is 0 Å². The number of rotatable bonds is 2. The molecule has 3 fully saturated rings. The fourth-order valence-electron chi connectivity index (χ4n) is 2.90. The standard InChI is InChI=1S/C13H15BO6/c1-16-8-4-2-7(3-5-8)14-19-11-9-6-17-13(18-9)12(20-14)10(11)15/h2-5,9-13,15H,6H2,1H3/t9-,10-,11?,12?,13-/m0/s1. The molecule has 1 aromatic rings. The smallest absolute Gasteiger partial charge is 0.494 e. The molecule has 4 rings (SSSR count). The molecule has 0 spiro atoms. The van der Waals surface area contributed by atoms with Crippen LogP contribution in [0.5, 0.6) is 5.75 Å². The van der Waals surface area contributed by atoms with Crippen LogP contribution in [0.2, 0.25) is 0 Å². The molecule has 3 saturated heterocycles. The molecule has 0 radical (unpaired) electrons. The average molecular weight is 278 g/mol. The highest BCUT2D eigenvalue weighted by molar-refractivity contribution is 6.61. The Kier molecular flexibility index (Phi) is 2.97. The summed E-state index contributed by atoms with van der Waals surface area (Å²) in [6, 6.07) is 7.48. The largest absolute Gasteiger partial charge is 0.497 e. The van der Waals surface area contributed by atoms with Crippen molar-refractivity contribution in [3.63, 3.8) is 0 Å². The molecule has 5 atom stereocenters. The summed E-state index contributed by atoms with van der Waals surface area (Å²) in [5.41, 5.74) is 0.883. The number of aliphatic hydroxyl groups excluding tert-OH is 1. The van der Waals surface area contributed by atoms with Gasteiger partial charge in [-0.3, -0.25) is 0 Å². The van der Waals surface area contributed by atoms with Gasteiger partial charge in [0.15, 0.2) is 6.29 Å². The minimum absolute atomic E-state index is 0.226. The molecule has 1 N–H and O–H groups in total. The van der Waals surface area contributed by atoms with Gasteiger partial charge in [-0.2, -0.15) is 0 Å². The minimum atomic E-state index is -0.712. The van der Waals surface area contributed by atoms with Gasteiger partial charge in [0.25, 0.3) is 0 Å². The highest BCUT2D eigenvalue weighted by Gasteiger charge is 2.56. The van der Waals surface area contributed by atoms with E-state index in [-0.39, 0.29) is 6.10 Å². The van der Waals surface area contributed by atoms with E-state index in [1.807, 2.05) is 24.3 Å². The lowest BCUT2D eigenvalue weighted by Crippen LogP contribution is -2.65. The van der Waals surface area contributed by atoms with Crippen molar-refractivity contribution in [3.8, 4) is 5.75 Å². The van der Waals surface area contributed by atoms with Crippen LogP contribution in [0.3, 0.4) is 0 Å². The second-order valence-corrected chi connectivity index (χ2v) is 5.17. The van der Waals surface area contributed by atoms with Gasteiger partial charge in [-0.15, -0.1) is 0 Å². The SMILES string of the molecule is COc1ccc(B2OC3[C@H]4OC[C@H](O4)C(O2)[C@@H]3O)cc1. The van der Waals surface area contributed by atoms with Gasteiger partial charge < -0.3 is 28.6 Å². The summed E-state index contributed by atoms with van der Waals surface area (Å²) < 4.78 is 27.8. The fraction of sp³-hybridized carbons (Fsp3) is 0.538. The van der Waals surface area contributed by atoms with Crippen molar-refractivity contribution in [3.05, 3.63) is 24.3 Å². The van der Waals surface area contributed by atoms with Gasteiger partial charge in [-0.25, -0.2) is 0 Å². The first-order valence-electron chi connectivity index (χ1n) is 6.66. The lowest BCUT2D eigenvalue weighted by molar-refractivity contribution is -0.243. The molecular weight excluding hydrogens is 263 g/mol. The van der Waals surface area contributed by atoms with E-state index in [9.17, 15) is 5.11 Å². The molecule has 2 unspecified atom stereocenters. The predicted octanol–water partition coefficient (Wildman–Crippen LogP) is -0.710. The van der Waals surface area contributed by atoms with Crippen LogP contribution in [0.25, 0.3) is 0 Å². The van der Waals surface area contributed by atoms with E-state index in [2.05, 4.69) is 0 Å². The molecule has 4 bridgehead atoms. The summed E-state index contributed by atoms with van der Waals surface area (Å²) in [6.45, 7) is 0.432. The van der Waals surface area contributed by atoms with E-state index in [0.29, 0.717) is 6.61 Å². The summed E-state index contributed by atoms with van der Waals surface area (Å²) in [7, 11) is 1.10. The number of hydrogen-bond donors (Lipinski definition) is 1. The van der Waals surface area contributed by atoms with Crippen LogP contribution in [-0.2, 0) is 18.8 Å². The van der Waals surface area contributed by atoms with Gasteiger partial charge in [0, 0.05) is 0 Å². The third-order valence-electron chi connectivity index (χ3n) is 3.99. The Morgan fingerprint density at radius 1 is 1.20 bits per heavy atom. The Hall–Kier alpha value is -1.12. The first-order chi connectivity index (χ1) is 9.76. The molecule has 3 aliphatic heterocycles. The van der Waals surface area contributed by atoms with Crippen molar-refractivity contribution in [2.75, 3.05) is 13.7 Å². The molecular formula is C13H15BO6. The van der Waals surface area contributed by atoms with E-state index in [4.69, 9.17) is 23.5 Å². The molecule has 1 aromatic carbocycles. The lowest BCUT2D eigenvalue weighted by atomic mass is 9.75. The number of ether oxygens (including phenoxy) is 3. The first kappa shape index (κ1) is 12.6.